The number of hydrogen-bond donors (Lipinski definition) is 1. The van der Waals surface area contributed by atoms with Crippen LogP contribution >= 0.6 is 15.9 Å². The van der Waals surface area contributed by atoms with Crippen molar-refractivity contribution < 1.29 is 21.8 Å². The van der Waals surface area contributed by atoms with E-state index in [4.69, 9.17) is 0 Å². The van der Waals surface area contributed by atoms with Gasteiger partial charge in [0, 0.05) is 15.7 Å². The number of benzene rings is 2. The van der Waals surface area contributed by atoms with Gasteiger partial charge in [-0.3, -0.25) is 4.79 Å². The first-order valence-electron chi connectivity index (χ1n) is 8.84. The summed E-state index contributed by atoms with van der Waals surface area (Å²) in [4.78, 5) is 12.5. The highest BCUT2D eigenvalue weighted by atomic mass is 79.9. The van der Waals surface area contributed by atoms with E-state index in [1.165, 1.54) is 22.6 Å². The summed E-state index contributed by atoms with van der Waals surface area (Å²) in [5.74, 6) is 1.22. The molecule has 4 rings (SSSR count). The highest BCUT2D eigenvalue weighted by Gasteiger charge is 2.29. The largest absolute Gasteiger partial charge is 1.00 e. The molecule has 140 valence electrons. The number of nitrogens with zero attached hydrogens (tertiary/aromatic N) is 2. The Morgan fingerprint density at radius 3 is 2.56 bits per heavy atom. The highest BCUT2D eigenvalue weighted by molar-refractivity contribution is 9.10. The molecule has 0 saturated carbocycles. The van der Waals surface area contributed by atoms with Crippen LogP contribution in [0.2, 0.25) is 0 Å². The second-order valence-electron chi connectivity index (χ2n) is 6.73. The second kappa shape index (κ2) is 8.28. The summed E-state index contributed by atoms with van der Waals surface area (Å²) in [6.07, 6.45) is 4.25. The lowest BCUT2D eigenvalue weighted by Gasteiger charge is -2.04. The molecule has 1 aromatic heterocycles. The fourth-order valence-electron chi connectivity index (χ4n) is 3.49. The fourth-order valence-corrected chi connectivity index (χ4v) is 3.75. The molecular weight excluding hydrogens is 426 g/mol. The van der Waals surface area contributed by atoms with Gasteiger partial charge in [-0.25, -0.2) is 9.13 Å². The van der Waals surface area contributed by atoms with Gasteiger partial charge in [0.1, 0.15) is 6.20 Å². The number of amides is 1. The summed E-state index contributed by atoms with van der Waals surface area (Å²) >= 11 is 3.41. The first kappa shape index (κ1) is 19.6. The molecule has 1 amide bonds. The molecule has 1 aliphatic rings. The van der Waals surface area contributed by atoms with E-state index in [0.29, 0.717) is 6.54 Å². The number of carbonyl (C=O) groups is 1. The van der Waals surface area contributed by atoms with Crippen molar-refractivity contribution in [3.05, 3.63) is 70.6 Å². The summed E-state index contributed by atoms with van der Waals surface area (Å²) < 4.78 is 5.44. The molecule has 0 unspecified atom stereocenters. The second-order valence-corrected chi connectivity index (χ2v) is 7.65. The van der Waals surface area contributed by atoms with Crippen molar-refractivity contribution in [2.45, 2.75) is 32.9 Å². The van der Waals surface area contributed by atoms with Gasteiger partial charge in [-0.2, -0.15) is 0 Å². The predicted octanol–water partition coefficient (Wildman–Crippen LogP) is 1.10. The molecular formula is C21H21BrClN3O. The number of fused-ring (bicyclic) bond motifs is 1. The highest BCUT2D eigenvalue weighted by Crippen LogP contribution is 2.25. The van der Waals surface area contributed by atoms with Gasteiger partial charge in [0.15, 0.2) is 12.2 Å². The maximum atomic E-state index is 12.5. The van der Waals surface area contributed by atoms with Crippen molar-refractivity contribution in [3.8, 4) is 11.3 Å². The Kier molecular flexibility index (Phi) is 6.02. The normalized spacial score (nSPS) is 12.4. The molecule has 1 N–H and O–H groups in total. The van der Waals surface area contributed by atoms with Crippen molar-refractivity contribution in [3.63, 3.8) is 0 Å². The van der Waals surface area contributed by atoms with Crippen LogP contribution in [0.3, 0.4) is 0 Å². The summed E-state index contributed by atoms with van der Waals surface area (Å²) in [5.41, 5.74) is 4.46. The van der Waals surface area contributed by atoms with Crippen LogP contribution in [0.4, 0.5) is 5.69 Å². The molecule has 0 bridgehead atoms. The molecule has 2 heterocycles. The average molecular weight is 447 g/mol. The van der Waals surface area contributed by atoms with E-state index < -0.39 is 0 Å². The molecule has 0 saturated heterocycles. The van der Waals surface area contributed by atoms with Gasteiger partial charge in [0.25, 0.3) is 11.7 Å². The molecule has 0 radical (unpaired) electrons. The number of aryl methyl sites for hydroxylation is 1. The van der Waals surface area contributed by atoms with Gasteiger partial charge in [0.05, 0.1) is 13.0 Å². The van der Waals surface area contributed by atoms with Gasteiger partial charge in [-0.15, -0.1) is 0 Å². The number of halogens is 2. The van der Waals surface area contributed by atoms with Crippen molar-refractivity contribution >= 4 is 27.5 Å². The Hall–Kier alpha value is -2.11. The van der Waals surface area contributed by atoms with Crippen LogP contribution in [0.1, 0.15) is 17.8 Å². The topological polar surface area (TPSA) is 37.9 Å². The van der Waals surface area contributed by atoms with E-state index in [1.807, 2.05) is 24.3 Å². The van der Waals surface area contributed by atoms with Crippen LogP contribution in [0.25, 0.3) is 11.3 Å². The maximum absolute atomic E-state index is 12.5. The maximum Gasteiger partial charge on any atom is 0.266 e. The number of anilines is 1. The van der Waals surface area contributed by atoms with Crippen LogP contribution in [0.5, 0.6) is 0 Å². The van der Waals surface area contributed by atoms with Crippen LogP contribution in [0.15, 0.2) is 59.2 Å². The van der Waals surface area contributed by atoms with Crippen LogP contribution < -0.4 is 22.3 Å². The standard InChI is InChI=1S/C21H20BrN3O.ClH/c1-15-4-6-16(7-5-15)19-13-24(21-3-2-12-25(19)21)14-20(26)23-18-10-8-17(22)9-11-18;/h4-11,13H,2-3,12,14H2,1H3;1H. The Labute approximate surface area is 173 Å². The molecule has 4 nitrogen and oxygen atoms in total. The SMILES string of the molecule is Cc1ccc(-c2c[n+](CC(=O)Nc3ccc(Br)cc3)c3n2CCC3)cc1.[Cl-]. The van der Waals surface area contributed by atoms with Gasteiger partial charge in [-0.1, -0.05) is 45.8 Å². The quantitative estimate of drug-likeness (QED) is 0.599. The molecule has 0 aliphatic carbocycles. The van der Waals surface area contributed by atoms with Gasteiger partial charge in [0.2, 0.25) is 0 Å². The summed E-state index contributed by atoms with van der Waals surface area (Å²) in [7, 11) is 0. The minimum atomic E-state index is -0.00641. The van der Waals surface area contributed by atoms with Crippen molar-refractivity contribution in [2.75, 3.05) is 5.32 Å². The summed E-state index contributed by atoms with van der Waals surface area (Å²) in [5, 5.41) is 2.98. The van der Waals surface area contributed by atoms with Crippen LogP contribution in [-0.4, -0.2) is 10.5 Å². The zero-order valence-electron chi connectivity index (χ0n) is 15.1. The van der Waals surface area contributed by atoms with Crippen molar-refractivity contribution in [1.82, 2.24) is 4.57 Å². The predicted molar refractivity (Wildman–Crippen MR) is 106 cm³/mol. The lowest BCUT2D eigenvalue weighted by molar-refractivity contribution is -0.690. The molecule has 2 aromatic carbocycles. The number of hydrogen-bond acceptors (Lipinski definition) is 1. The molecule has 6 heteroatoms. The minimum Gasteiger partial charge on any atom is -1.00 e. The summed E-state index contributed by atoms with van der Waals surface area (Å²) in [6, 6.07) is 16.2. The third-order valence-corrected chi connectivity index (χ3v) is 5.31. The number of imidazole rings is 1. The van der Waals surface area contributed by atoms with E-state index in [1.54, 1.807) is 0 Å². The Balaban J connectivity index is 0.00000210. The summed E-state index contributed by atoms with van der Waals surface area (Å²) in [6.45, 7) is 3.44. The third-order valence-electron chi connectivity index (χ3n) is 4.78. The van der Waals surface area contributed by atoms with Crippen molar-refractivity contribution in [1.29, 1.82) is 0 Å². The lowest BCUT2D eigenvalue weighted by atomic mass is 10.1. The first-order chi connectivity index (χ1) is 12.6. The molecule has 0 spiro atoms. The Bertz CT molecular complexity index is 949. The van der Waals surface area contributed by atoms with E-state index in [-0.39, 0.29) is 18.3 Å². The number of rotatable bonds is 4. The number of aromatic nitrogens is 2. The first-order valence-corrected chi connectivity index (χ1v) is 9.64. The zero-order chi connectivity index (χ0) is 18.1. The Morgan fingerprint density at radius 1 is 1.15 bits per heavy atom. The zero-order valence-corrected chi connectivity index (χ0v) is 17.4. The van der Waals surface area contributed by atoms with Crippen LogP contribution in [0, 0.1) is 6.92 Å². The van der Waals surface area contributed by atoms with E-state index in [9.17, 15) is 4.79 Å². The minimum absolute atomic E-state index is 0. The number of carbonyl (C=O) groups excluding carboxylic acids is 1. The average Bonchev–Trinajstić information content (AvgIpc) is 3.22. The molecule has 1 aliphatic heterocycles. The van der Waals surface area contributed by atoms with Gasteiger partial charge >= 0.3 is 0 Å². The van der Waals surface area contributed by atoms with Gasteiger partial charge in [-0.05, 0) is 37.6 Å². The fraction of sp³-hybridized carbons (Fsp3) is 0.238. The molecule has 3 aromatic rings. The lowest BCUT2D eigenvalue weighted by Crippen LogP contribution is -3.00. The van der Waals surface area contributed by atoms with Crippen molar-refractivity contribution in [2.24, 2.45) is 0 Å². The number of nitrogens with one attached hydrogen (secondary N) is 1. The third kappa shape index (κ3) is 4.25. The van der Waals surface area contributed by atoms with E-state index >= 15 is 0 Å². The van der Waals surface area contributed by atoms with E-state index in [0.717, 1.165) is 29.5 Å². The van der Waals surface area contributed by atoms with E-state index in [2.05, 4.69) is 67.8 Å². The monoisotopic (exact) mass is 445 g/mol. The molecule has 0 atom stereocenters. The molecule has 27 heavy (non-hydrogen) atoms. The van der Waals surface area contributed by atoms with Gasteiger partial charge < -0.3 is 17.7 Å². The molecule has 0 fully saturated rings. The Morgan fingerprint density at radius 2 is 1.85 bits per heavy atom. The smallest absolute Gasteiger partial charge is 0.266 e. The van der Waals surface area contributed by atoms with Crippen LogP contribution in [-0.2, 0) is 24.3 Å².